The van der Waals surface area contributed by atoms with Crippen molar-refractivity contribution in [2.75, 3.05) is 26.4 Å². The van der Waals surface area contributed by atoms with Crippen LogP contribution in [0.3, 0.4) is 0 Å². The summed E-state index contributed by atoms with van der Waals surface area (Å²) >= 11 is 0. The quantitative estimate of drug-likeness (QED) is 0.0803. The van der Waals surface area contributed by atoms with Crippen molar-refractivity contribution in [2.24, 2.45) is 0 Å². The number of hydrogen-bond donors (Lipinski definition) is 0. The van der Waals surface area contributed by atoms with Gasteiger partial charge in [0.2, 0.25) is 0 Å². The van der Waals surface area contributed by atoms with E-state index in [0.717, 1.165) is 23.3 Å². The van der Waals surface area contributed by atoms with E-state index in [2.05, 4.69) is 98.9 Å². The standard InChI is InChI=1S/C40H34O6/c1-4-37(41)45-23-21-43-32-17-13-30(14-18-32)40(31-15-19-33(20-16-31)44-22-24-46-38(42)5-2)36-26-29-11-7-6-10-28(29)25-35(36)34-12-8-9-27(3)39(34)40/h4-20,25-26H,1-2,21-24H2,3H3. The molecule has 0 N–H and O–H groups in total. The van der Waals surface area contributed by atoms with E-state index >= 15 is 0 Å². The number of ether oxygens (including phenoxy) is 4. The zero-order valence-corrected chi connectivity index (χ0v) is 25.7. The second kappa shape index (κ2) is 13.2. The molecule has 46 heavy (non-hydrogen) atoms. The zero-order chi connectivity index (χ0) is 32.1. The minimum Gasteiger partial charge on any atom is -0.490 e. The molecule has 1 aliphatic carbocycles. The van der Waals surface area contributed by atoms with Crippen LogP contribution in [0.15, 0.2) is 128 Å². The molecule has 0 aromatic heterocycles. The molecule has 1 aliphatic rings. The summed E-state index contributed by atoms with van der Waals surface area (Å²) in [7, 11) is 0. The molecule has 6 heteroatoms. The fourth-order valence-corrected chi connectivity index (χ4v) is 6.39. The summed E-state index contributed by atoms with van der Waals surface area (Å²) in [6.07, 6.45) is 2.27. The first-order valence-corrected chi connectivity index (χ1v) is 15.1. The number of rotatable bonds is 12. The molecule has 230 valence electrons. The van der Waals surface area contributed by atoms with Crippen molar-refractivity contribution in [1.82, 2.24) is 0 Å². The third-order valence-corrected chi connectivity index (χ3v) is 8.33. The SMILES string of the molecule is C=CC(=O)OCCOc1ccc(C2(c3ccc(OCCOC(=O)C=C)cc3)c3cc4ccccc4cc3-c3cccc(C)c32)cc1. The molecule has 5 aromatic carbocycles. The number of carbonyl (C=O) groups excluding carboxylic acids is 2. The van der Waals surface area contributed by atoms with Gasteiger partial charge in [-0.15, -0.1) is 0 Å². The molecule has 0 unspecified atom stereocenters. The van der Waals surface area contributed by atoms with Crippen LogP contribution in [0.25, 0.3) is 21.9 Å². The van der Waals surface area contributed by atoms with Gasteiger partial charge in [0.05, 0.1) is 5.41 Å². The first-order valence-electron chi connectivity index (χ1n) is 15.1. The predicted octanol–water partition coefficient (Wildman–Crippen LogP) is 7.73. The van der Waals surface area contributed by atoms with E-state index in [1.54, 1.807) is 0 Å². The Hall–Kier alpha value is -5.62. The maximum atomic E-state index is 11.4. The molecule has 0 spiro atoms. The van der Waals surface area contributed by atoms with Gasteiger partial charge >= 0.3 is 11.9 Å². The Bertz CT molecular complexity index is 1850. The van der Waals surface area contributed by atoms with E-state index < -0.39 is 17.4 Å². The molecule has 6 rings (SSSR count). The van der Waals surface area contributed by atoms with Gasteiger partial charge in [-0.25, -0.2) is 9.59 Å². The molecular weight excluding hydrogens is 576 g/mol. The third-order valence-electron chi connectivity index (χ3n) is 8.33. The highest BCUT2D eigenvalue weighted by molar-refractivity contribution is 5.96. The second-order valence-electron chi connectivity index (χ2n) is 11.0. The lowest BCUT2D eigenvalue weighted by Crippen LogP contribution is -2.29. The molecule has 0 amide bonds. The summed E-state index contributed by atoms with van der Waals surface area (Å²) in [6, 6.07) is 35.9. The summed E-state index contributed by atoms with van der Waals surface area (Å²) in [5.74, 6) is 0.400. The van der Waals surface area contributed by atoms with Gasteiger partial charge in [0.1, 0.15) is 37.9 Å². The van der Waals surface area contributed by atoms with E-state index in [4.69, 9.17) is 18.9 Å². The minimum absolute atomic E-state index is 0.134. The van der Waals surface area contributed by atoms with Crippen LogP contribution in [0.4, 0.5) is 0 Å². The molecule has 0 fully saturated rings. The monoisotopic (exact) mass is 610 g/mol. The summed E-state index contributed by atoms with van der Waals surface area (Å²) in [4.78, 5) is 22.8. The number of carbonyl (C=O) groups is 2. The van der Waals surface area contributed by atoms with Crippen LogP contribution >= 0.6 is 0 Å². The average molecular weight is 611 g/mol. The van der Waals surface area contributed by atoms with Crippen LogP contribution < -0.4 is 9.47 Å². The van der Waals surface area contributed by atoms with E-state index in [1.807, 2.05) is 24.3 Å². The first kappa shape index (κ1) is 30.4. The van der Waals surface area contributed by atoms with Crippen molar-refractivity contribution in [3.05, 3.63) is 156 Å². The summed E-state index contributed by atoms with van der Waals surface area (Å²) < 4.78 is 21.9. The van der Waals surface area contributed by atoms with Gasteiger partial charge in [-0.3, -0.25) is 0 Å². The van der Waals surface area contributed by atoms with Gasteiger partial charge in [-0.05, 0) is 93.0 Å². The highest BCUT2D eigenvalue weighted by atomic mass is 16.6. The van der Waals surface area contributed by atoms with Crippen LogP contribution in [-0.4, -0.2) is 38.4 Å². The molecular formula is C40H34O6. The van der Waals surface area contributed by atoms with Crippen LogP contribution in [0, 0.1) is 6.92 Å². The van der Waals surface area contributed by atoms with E-state index in [0.29, 0.717) is 11.5 Å². The van der Waals surface area contributed by atoms with Crippen molar-refractivity contribution in [1.29, 1.82) is 0 Å². The fraction of sp³-hybridized carbons (Fsp3) is 0.150. The van der Waals surface area contributed by atoms with Crippen LogP contribution in [0.2, 0.25) is 0 Å². The largest absolute Gasteiger partial charge is 0.490 e. The average Bonchev–Trinajstić information content (AvgIpc) is 3.38. The molecule has 0 atom stereocenters. The lowest BCUT2D eigenvalue weighted by atomic mass is 9.66. The second-order valence-corrected chi connectivity index (χ2v) is 11.0. The Morgan fingerprint density at radius 1 is 0.630 bits per heavy atom. The van der Waals surface area contributed by atoms with Gasteiger partial charge in [0, 0.05) is 12.2 Å². The van der Waals surface area contributed by atoms with Crippen molar-refractivity contribution in [2.45, 2.75) is 12.3 Å². The van der Waals surface area contributed by atoms with Crippen molar-refractivity contribution in [3.8, 4) is 22.6 Å². The van der Waals surface area contributed by atoms with Crippen molar-refractivity contribution < 1.29 is 28.5 Å². The number of aryl methyl sites for hydroxylation is 1. The molecule has 6 nitrogen and oxygen atoms in total. The van der Waals surface area contributed by atoms with Crippen LogP contribution in [0.5, 0.6) is 11.5 Å². The molecule has 0 heterocycles. The third kappa shape index (κ3) is 5.66. The number of benzene rings is 5. The fourth-order valence-electron chi connectivity index (χ4n) is 6.39. The Morgan fingerprint density at radius 3 is 1.67 bits per heavy atom. The Balaban J connectivity index is 1.44. The highest BCUT2D eigenvalue weighted by Crippen LogP contribution is 2.58. The maximum absolute atomic E-state index is 11.4. The van der Waals surface area contributed by atoms with Crippen molar-refractivity contribution in [3.63, 3.8) is 0 Å². The van der Waals surface area contributed by atoms with Crippen molar-refractivity contribution >= 4 is 22.7 Å². The Morgan fingerprint density at radius 2 is 1.15 bits per heavy atom. The summed E-state index contributed by atoms with van der Waals surface area (Å²) in [6.45, 7) is 9.74. The Kier molecular flexibility index (Phi) is 8.70. The zero-order valence-electron chi connectivity index (χ0n) is 25.7. The molecule has 5 aromatic rings. The van der Waals surface area contributed by atoms with E-state index in [-0.39, 0.29) is 26.4 Å². The predicted molar refractivity (Wildman–Crippen MR) is 179 cm³/mol. The van der Waals surface area contributed by atoms with Crippen LogP contribution in [0.1, 0.15) is 27.8 Å². The van der Waals surface area contributed by atoms with Gasteiger partial charge < -0.3 is 18.9 Å². The minimum atomic E-state index is -0.629. The highest BCUT2D eigenvalue weighted by Gasteiger charge is 2.47. The lowest BCUT2D eigenvalue weighted by Gasteiger charge is -2.35. The summed E-state index contributed by atoms with van der Waals surface area (Å²) in [5, 5.41) is 2.35. The van der Waals surface area contributed by atoms with E-state index in [9.17, 15) is 9.59 Å². The van der Waals surface area contributed by atoms with Crippen LogP contribution in [-0.2, 0) is 24.5 Å². The molecule has 0 aliphatic heterocycles. The number of hydrogen-bond acceptors (Lipinski definition) is 6. The van der Waals surface area contributed by atoms with Gasteiger partial charge in [0.15, 0.2) is 0 Å². The molecule has 0 saturated carbocycles. The number of fused-ring (bicyclic) bond motifs is 4. The lowest BCUT2D eigenvalue weighted by molar-refractivity contribution is -0.139. The Labute approximate surface area is 268 Å². The smallest absolute Gasteiger partial charge is 0.330 e. The van der Waals surface area contributed by atoms with Gasteiger partial charge in [0.25, 0.3) is 0 Å². The molecule has 0 saturated heterocycles. The normalized spacial score (nSPS) is 12.5. The topological polar surface area (TPSA) is 71.1 Å². The first-order chi connectivity index (χ1) is 22.4. The maximum Gasteiger partial charge on any atom is 0.330 e. The molecule has 0 bridgehead atoms. The summed E-state index contributed by atoms with van der Waals surface area (Å²) in [5.41, 5.74) is 7.57. The number of esters is 2. The molecule has 0 radical (unpaired) electrons. The van der Waals surface area contributed by atoms with Gasteiger partial charge in [-0.2, -0.15) is 0 Å². The van der Waals surface area contributed by atoms with E-state index in [1.165, 1.54) is 38.6 Å². The van der Waals surface area contributed by atoms with Gasteiger partial charge in [-0.1, -0.05) is 79.9 Å².